The summed E-state index contributed by atoms with van der Waals surface area (Å²) < 4.78 is 9.89. The van der Waals surface area contributed by atoms with Gasteiger partial charge in [-0.05, 0) is 29.8 Å². The maximum absolute atomic E-state index is 13.2. The summed E-state index contributed by atoms with van der Waals surface area (Å²) in [6.07, 6.45) is 0.0446. The van der Waals surface area contributed by atoms with Crippen LogP contribution < -0.4 is 4.74 Å². The van der Waals surface area contributed by atoms with Gasteiger partial charge in [0.2, 0.25) is 5.91 Å². The van der Waals surface area contributed by atoms with Crippen LogP contribution in [0.5, 0.6) is 5.75 Å². The molecule has 4 rings (SSSR count). The number of amides is 1. The lowest BCUT2D eigenvalue weighted by molar-refractivity contribution is -0.149. The van der Waals surface area contributed by atoms with Crippen LogP contribution in [0.25, 0.3) is 0 Å². The molecule has 0 spiro atoms. The second kappa shape index (κ2) is 8.10. The summed E-state index contributed by atoms with van der Waals surface area (Å²) in [6, 6.07) is 15.8. The zero-order valence-corrected chi connectivity index (χ0v) is 17.8. The highest BCUT2D eigenvalue weighted by Crippen LogP contribution is 2.51. The lowest BCUT2D eigenvalue weighted by Gasteiger charge is -2.38. The van der Waals surface area contributed by atoms with Crippen LogP contribution in [0.15, 0.2) is 59.1 Å². The Morgan fingerprint density at radius 2 is 1.87 bits per heavy atom. The third-order valence-corrected chi connectivity index (χ3v) is 6.82. The Kier molecular flexibility index (Phi) is 5.48. The number of nitriles is 1. The fraction of sp³-hybridized carbons (Fsp3) is 0.261. The maximum atomic E-state index is 13.2. The van der Waals surface area contributed by atoms with Gasteiger partial charge in [0.15, 0.2) is 5.72 Å². The normalized spacial score (nSPS) is 22.7. The van der Waals surface area contributed by atoms with Crippen LogP contribution in [0.1, 0.15) is 33.8 Å². The van der Waals surface area contributed by atoms with E-state index in [1.54, 1.807) is 55.6 Å². The molecule has 2 atom stereocenters. The van der Waals surface area contributed by atoms with Crippen molar-refractivity contribution in [1.82, 2.24) is 4.90 Å². The van der Waals surface area contributed by atoms with Gasteiger partial charge >= 0.3 is 5.97 Å². The first-order chi connectivity index (χ1) is 14.9. The van der Waals surface area contributed by atoms with Crippen molar-refractivity contribution in [3.63, 3.8) is 0 Å². The van der Waals surface area contributed by atoms with E-state index in [4.69, 9.17) is 9.47 Å². The summed E-state index contributed by atoms with van der Waals surface area (Å²) >= 11 is 1.29. The molecule has 2 aliphatic rings. The van der Waals surface area contributed by atoms with Gasteiger partial charge in [0, 0.05) is 17.9 Å². The van der Waals surface area contributed by atoms with Crippen LogP contribution >= 0.6 is 11.8 Å². The van der Waals surface area contributed by atoms with E-state index >= 15 is 0 Å². The first kappa shape index (κ1) is 21.0. The number of fused-ring (bicyclic) bond motifs is 1. The first-order valence-electron chi connectivity index (χ1n) is 9.58. The number of carbonyl (C=O) groups excluding carboxylic acids is 2. The number of thioether (sulfide) groups is 1. The van der Waals surface area contributed by atoms with Crippen molar-refractivity contribution in [2.75, 3.05) is 20.0 Å². The molecule has 2 aromatic rings. The van der Waals surface area contributed by atoms with Gasteiger partial charge in [0.05, 0.1) is 42.2 Å². The standard InChI is InChI=1S/C23H20N2O5S/c1-29-17-9-7-16(8-10-17)23(28)13-31-21-19(12-24)18(11-20(26)25(21)23)14-3-5-15(6-4-14)22(27)30-2/h3-10,18,28H,11,13H2,1-2H3/t18-,23+/m1/s1. The number of hydrogen-bond donors (Lipinski definition) is 1. The molecular weight excluding hydrogens is 416 g/mol. The monoisotopic (exact) mass is 436 g/mol. The summed E-state index contributed by atoms with van der Waals surface area (Å²) in [4.78, 5) is 26.2. The average Bonchev–Trinajstić information content (AvgIpc) is 3.17. The fourth-order valence-corrected chi connectivity index (χ4v) is 5.31. The summed E-state index contributed by atoms with van der Waals surface area (Å²) in [6.45, 7) is 0. The van der Waals surface area contributed by atoms with Crippen LogP contribution in [0.4, 0.5) is 0 Å². The summed E-state index contributed by atoms with van der Waals surface area (Å²) in [7, 11) is 2.87. The smallest absolute Gasteiger partial charge is 0.337 e. The molecule has 0 aliphatic carbocycles. The number of allylic oxidation sites excluding steroid dienone is 1. The van der Waals surface area contributed by atoms with Crippen LogP contribution in [0, 0.1) is 11.3 Å². The Hall–Kier alpha value is -3.28. The zero-order valence-electron chi connectivity index (χ0n) is 17.0. The number of benzene rings is 2. The molecule has 8 heteroatoms. The van der Waals surface area contributed by atoms with E-state index in [1.807, 2.05) is 0 Å². The predicted molar refractivity (Wildman–Crippen MR) is 114 cm³/mol. The van der Waals surface area contributed by atoms with Crippen LogP contribution in [0.2, 0.25) is 0 Å². The number of esters is 1. The lowest BCUT2D eigenvalue weighted by atomic mass is 9.85. The van der Waals surface area contributed by atoms with Gasteiger partial charge in [-0.1, -0.05) is 24.3 Å². The number of nitrogens with zero attached hydrogens (tertiary/aromatic N) is 2. The fourth-order valence-electron chi connectivity index (χ4n) is 3.95. The van der Waals surface area contributed by atoms with Crippen molar-refractivity contribution in [3.8, 4) is 11.8 Å². The van der Waals surface area contributed by atoms with Crippen molar-refractivity contribution in [1.29, 1.82) is 5.26 Å². The predicted octanol–water partition coefficient (Wildman–Crippen LogP) is 3.12. The Balaban J connectivity index is 1.72. The third kappa shape index (κ3) is 3.46. The number of aliphatic hydroxyl groups is 1. The number of rotatable bonds is 4. The van der Waals surface area contributed by atoms with E-state index in [-0.39, 0.29) is 18.1 Å². The molecule has 1 amide bonds. The Morgan fingerprint density at radius 3 is 2.45 bits per heavy atom. The molecular formula is C23H20N2O5S. The minimum atomic E-state index is -1.54. The van der Waals surface area contributed by atoms with Crippen LogP contribution in [-0.4, -0.2) is 41.9 Å². The minimum Gasteiger partial charge on any atom is -0.497 e. The van der Waals surface area contributed by atoms with E-state index in [0.29, 0.717) is 27.5 Å². The number of methoxy groups -OCH3 is 2. The van der Waals surface area contributed by atoms with Gasteiger partial charge in [-0.15, -0.1) is 11.8 Å². The van der Waals surface area contributed by atoms with E-state index in [0.717, 1.165) is 5.56 Å². The second-order valence-electron chi connectivity index (χ2n) is 7.26. The highest BCUT2D eigenvalue weighted by atomic mass is 32.2. The first-order valence-corrected chi connectivity index (χ1v) is 10.6. The van der Waals surface area contributed by atoms with Crippen molar-refractivity contribution in [2.45, 2.75) is 18.1 Å². The second-order valence-corrected chi connectivity index (χ2v) is 8.23. The Morgan fingerprint density at radius 1 is 1.19 bits per heavy atom. The molecule has 2 heterocycles. The minimum absolute atomic E-state index is 0.0446. The van der Waals surface area contributed by atoms with Crippen molar-refractivity contribution < 1.29 is 24.2 Å². The molecule has 0 aromatic heterocycles. The van der Waals surface area contributed by atoms with Crippen molar-refractivity contribution >= 4 is 23.6 Å². The topological polar surface area (TPSA) is 99.9 Å². The summed E-state index contributed by atoms with van der Waals surface area (Å²) in [5.41, 5.74) is 0.600. The van der Waals surface area contributed by atoms with Gasteiger partial charge in [-0.3, -0.25) is 9.69 Å². The largest absolute Gasteiger partial charge is 0.497 e. The van der Waals surface area contributed by atoms with Gasteiger partial charge in [0.25, 0.3) is 0 Å². The molecule has 1 fully saturated rings. The number of ether oxygens (including phenoxy) is 2. The Bertz CT molecular complexity index is 1100. The zero-order chi connectivity index (χ0) is 22.2. The summed E-state index contributed by atoms with van der Waals surface area (Å²) in [5.74, 6) is -0.292. The molecule has 0 bridgehead atoms. The number of carbonyl (C=O) groups is 2. The van der Waals surface area contributed by atoms with E-state index < -0.39 is 17.6 Å². The van der Waals surface area contributed by atoms with Crippen LogP contribution in [-0.2, 0) is 15.3 Å². The molecule has 1 saturated heterocycles. The molecule has 158 valence electrons. The molecule has 0 saturated carbocycles. The highest BCUT2D eigenvalue weighted by molar-refractivity contribution is 8.03. The van der Waals surface area contributed by atoms with Gasteiger partial charge in [-0.25, -0.2) is 4.79 Å². The van der Waals surface area contributed by atoms with E-state index in [1.165, 1.54) is 23.8 Å². The maximum Gasteiger partial charge on any atom is 0.337 e. The molecule has 2 aliphatic heterocycles. The third-order valence-electron chi connectivity index (χ3n) is 5.60. The van der Waals surface area contributed by atoms with Gasteiger partial charge < -0.3 is 14.6 Å². The average molecular weight is 436 g/mol. The highest BCUT2D eigenvalue weighted by Gasteiger charge is 2.51. The van der Waals surface area contributed by atoms with Crippen molar-refractivity contribution in [3.05, 3.63) is 75.8 Å². The molecule has 1 N–H and O–H groups in total. The summed E-state index contributed by atoms with van der Waals surface area (Å²) in [5, 5.41) is 21.8. The molecule has 0 radical (unpaired) electrons. The van der Waals surface area contributed by atoms with Crippen LogP contribution in [0.3, 0.4) is 0 Å². The SMILES string of the molecule is COC(=O)c1ccc([C@H]2CC(=O)N3C(=C2C#N)SC[C@]3(O)c2ccc(OC)cc2)cc1. The van der Waals surface area contributed by atoms with E-state index in [2.05, 4.69) is 6.07 Å². The van der Waals surface area contributed by atoms with Gasteiger partial charge in [0.1, 0.15) is 5.75 Å². The molecule has 7 nitrogen and oxygen atoms in total. The molecule has 31 heavy (non-hydrogen) atoms. The Labute approximate surface area is 183 Å². The van der Waals surface area contributed by atoms with Gasteiger partial charge in [-0.2, -0.15) is 5.26 Å². The lowest BCUT2D eigenvalue weighted by Crippen LogP contribution is -2.48. The molecule has 0 unspecified atom stereocenters. The quantitative estimate of drug-likeness (QED) is 0.735. The van der Waals surface area contributed by atoms with Crippen molar-refractivity contribution in [2.24, 2.45) is 0 Å². The molecule has 2 aromatic carbocycles. The van der Waals surface area contributed by atoms with E-state index in [9.17, 15) is 20.0 Å². The number of hydrogen-bond acceptors (Lipinski definition) is 7.